The van der Waals surface area contributed by atoms with E-state index in [1.54, 1.807) is 0 Å². The van der Waals surface area contributed by atoms with E-state index in [-0.39, 0.29) is 11.8 Å². The smallest absolute Gasteiger partial charge is 0.258 e. The molecule has 0 bridgehead atoms. The monoisotopic (exact) mass is 288 g/mol. The summed E-state index contributed by atoms with van der Waals surface area (Å²) in [6.45, 7) is 0. The van der Waals surface area contributed by atoms with Crippen molar-refractivity contribution in [3.05, 3.63) is 66.4 Å². The molecule has 0 saturated heterocycles. The minimum atomic E-state index is -0.367. The zero-order chi connectivity index (χ0) is 15.1. The summed E-state index contributed by atoms with van der Waals surface area (Å²) in [4.78, 5) is 26.7. The summed E-state index contributed by atoms with van der Waals surface area (Å²) in [5.74, 6) is -0.716. The number of H-pyrrole nitrogens is 1. The highest BCUT2D eigenvalue weighted by Crippen LogP contribution is 2.35. The van der Waals surface area contributed by atoms with Gasteiger partial charge in [-0.1, -0.05) is 42.5 Å². The lowest BCUT2D eigenvalue weighted by Gasteiger charge is -2.06. The second-order valence-electron chi connectivity index (χ2n) is 5.17. The number of imide groups is 1. The minimum Gasteiger partial charge on any atom is -0.361 e. The van der Waals surface area contributed by atoms with E-state index in [0.717, 1.165) is 27.6 Å². The number of fused-ring (bicyclic) bond motifs is 1. The molecule has 2 aromatic carbocycles. The zero-order valence-electron chi connectivity index (χ0n) is 11.6. The maximum absolute atomic E-state index is 12.0. The van der Waals surface area contributed by atoms with Crippen LogP contribution in [0, 0.1) is 0 Å². The van der Waals surface area contributed by atoms with Crippen molar-refractivity contribution in [2.45, 2.75) is 0 Å². The fourth-order valence-electron chi connectivity index (χ4n) is 2.87. The van der Waals surface area contributed by atoms with Gasteiger partial charge in [0.05, 0.1) is 5.57 Å². The molecular formula is C18H12N2O2. The highest BCUT2D eigenvalue weighted by atomic mass is 16.2. The predicted octanol–water partition coefficient (Wildman–Crippen LogP) is 2.87. The molecule has 2 heterocycles. The second kappa shape index (κ2) is 4.70. The van der Waals surface area contributed by atoms with Crippen molar-refractivity contribution >= 4 is 28.3 Å². The first-order valence-corrected chi connectivity index (χ1v) is 6.97. The number of aromatic amines is 1. The summed E-state index contributed by atoms with van der Waals surface area (Å²) in [6, 6.07) is 15.7. The quantitative estimate of drug-likeness (QED) is 0.712. The molecule has 1 aliphatic rings. The summed E-state index contributed by atoms with van der Waals surface area (Å²) >= 11 is 0. The number of carbonyl (C=O) groups excluding carboxylic acids is 2. The molecule has 106 valence electrons. The molecule has 2 N–H and O–H groups in total. The number of benzene rings is 2. The molecule has 22 heavy (non-hydrogen) atoms. The van der Waals surface area contributed by atoms with Crippen molar-refractivity contribution in [1.82, 2.24) is 10.3 Å². The topological polar surface area (TPSA) is 62.0 Å². The summed E-state index contributed by atoms with van der Waals surface area (Å²) in [5.41, 5.74) is 4.18. The number of hydrogen-bond donors (Lipinski definition) is 2. The summed E-state index contributed by atoms with van der Waals surface area (Å²) < 4.78 is 0. The lowest BCUT2D eigenvalue weighted by Crippen LogP contribution is -2.21. The van der Waals surface area contributed by atoms with Crippen molar-refractivity contribution in [3.63, 3.8) is 0 Å². The van der Waals surface area contributed by atoms with Crippen molar-refractivity contribution in [3.8, 4) is 11.1 Å². The molecule has 0 radical (unpaired) electrons. The van der Waals surface area contributed by atoms with Crippen LogP contribution in [-0.4, -0.2) is 16.8 Å². The highest BCUT2D eigenvalue weighted by molar-refractivity contribution is 6.35. The van der Waals surface area contributed by atoms with Crippen molar-refractivity contribution in [2.24, 2.45) is 0 Å². The third-order valence-electron chi connectivity index (χ3n) is 3.84. The molecule has 1 aromatic heterocycles. The molecule has 0 spiro atoms. The molecule has 2 amide bonds. The van der Waals surface area contributed by atoms with Gasteiger partial charge in [0.15, 0.2) is 0 Å². The van der Waals surface area contributed by atoms with Gasteiger partial charge in [0.2, 0.25) is 0 Å². The molecule has 0 aliphatic carbocycles. The van der Waals surface area contributed by atoms with E-state index in [9.17, 15) is 9.59 Å². The van der Waals surface area contributed by atoms with Gasteiger partial charge in [0.1, 0.15) is 0 Å². The molecule has 0 saturated carbocycles. The van der Waals surface area contributed by atoms with E-state index < -0.39 is 0 Å². The Hall–Kier alpha value is -3.14. The van der Waals surface area contributed by atoms with E-state index in [4.69, 9.17) is 0 Å². The maximum Gasteiger partial charge on any atom is 0.258 e. The van der Waals surface area contributed by atoms with E-state index in [1.165, 1.54) is 6.08 Å². The van der Waals surface area contributed by atoms with Crippen LogP contribution in [-0.2, 0) is 9.59 Å². The van der Waals surface area contributed by atoms with Crippen LogP contribution >= 0.6 is 0 Å². The number of rotatable bonds is 2. The van der Waals surface area contributed by atoms with Gasteiger partial charge >= 0.3 is 0 Å². The Balaban J connectivity index is 2.01. The van der Waals surface area contributed by atoms with Crippen LogP contribution < -0.4 is 5.32 Å². The zero-order valence-corrected chi connectivity index (χ0v) is 11.6. The Morgan fingerprint density at radius 1 is 0.818 bits per heavy atom. The Morgan fingerprint density at radius 3 is 2.36 bits per heavy atom. The van der Waals surface area contributed by atoms with Crippen LogP contribution in [0.2, 0.25) is 0 Å². The lowest BCUT2D eigenvalue weighted by atomic mass is 9.96. The largest absolute Gasteiger partial charge is 0.361 e. The Labute approximate surface area is 126 Å². The Morgan fingerprint density at radius 2 is 1.64 bits per heavy atom. The van der Waals surface area contributed by atoms with Gasteiger partial charge < -0.3 is 4.98 Å². The van der Waals surface area contributed by atoms with Gasteiger partial charge in [-0.3, -0.25) is 14.9 Å². The highest BCUT2D eigenvalue weighted by Gasteiger charge is 2.24. The van der Waals surface area contributed by atoms with Crippen molar-refractivity contribution in [2.75, 3.05) is 0 Å². The second-order valence-corrected chi connectivity index (χ2v) is 5.17. The third kappa shape index (κ3) is 1.85. The van der Waals surface area contributed by atoms with Crippen LogP contribution in [0.4, 0.5) is 0 Å². The Bertz CT molecular complexity index is 936. The summed E-state index contributed by atoms with van der Waals surface area (Å²) in [5, 5.41) is 3.25. The van der Waals surface area contributed by atoms with Gasteiger partial charge in [0.25, 0.3) is 11.8 Å². The van der Waals surface area contributed by atoms with E-state index in [1.807, 2.05) is 54.7 Å². The fourth-order valence-corrected chi connectivity index (χ4v) is 2.87. The molecule has 0 fully saturated rings. The van der Waals surface area contributed by atoms with Gasteiger partial charge in [-0.05, 0) is 17.2 Å². The SMILES string of the molecule is O=C1C=C(c2cccc3[nH]cc(-c4ccccc4)c23)C(=O)N1. The van der Waals surface area contributed by atoms with Crippen LogP contribution in [0.5, 0.6) is 0 Å². The number of hydrogen-bond acceptors (Lipinski definition) is 2. The number of nitrogens with one attached hydrogen (secondary N) is 2. The Kier molecular flexibility index (Phi) is 2.69. The predicted molar refractivity (Wildman–Crippen MR) is 84.9 cm³/mol. The van der Waals surface area contributed by atoms with Crippen molar-refractivity contribution in [1.29, 1.82) is 0 Å². The third-order valence-corrected chi connectivity index (χ3v) is 3.84. The average molecular weight is 288 g/mol. The van der Waals surface area contributed by atoms with Gasteiger partial charge in [0, 0.05) is 28.7 Å². The first-order chi connectivity index (χ1) is 10.7. The van der Waals surface area contributed by atoms with E-state index in [0.29, 0.717) is 5.57 Å². The van der Waals surface area contributed by atoms with Crippen LogP contribution in [0.25, 0.3) is 27.6 Å². The standard InChI is InChI=1S/C18H12N2O2/c21-16-9-13(18(22)20-16)12-7-4-8-15-17(12)14(10-19-15)11-5-2-1-3-6-11/h1-10,19H,(H,20,21,22). The van der Waals surface area contributed by atoms with Gasteiger partial charge in [-0.25, -0.2) is 0 Å². The molecular weight excluding hydrogens is 276 g/mol. The van der Waals surface area contributed by atoms with E-state index in [2.05, 4.69) is 10.3 Å². The fraction of sp³-hybridized carbons (Fsp3) is 0. The molecule has 0 unspecified atom stereocenters. The molecule has 0 atom stereocenters. The average Bonchev–Trinajstić information content (AvgIpc) is 3.11. The molecule has 1 aliphatic heterocycles. The summed E-state index contributed by atoms with van der Waals surface area (Å²) in [6.07, 6.45) is 3.29. The van der Waals surface area contributed by atoms with Crippen molar-refractivity contribution < 1.29 is 9.59 Å². The van der Waals surface area contributed by atoms with E-state index >= 15 is 0 Å². The molecule has 4 nitrogen and oxygen atoms in total. The summed E-state index contributed by atoms with van der Waals surface area (Å²) in [7, 11) is 0. The molecule has 4 heteroatoms. The van der Waals surface area contributed by atoms with Crippen LogP contribution in [0.3, 0.4) is 0 Å². The van der Waals surface area contributed by atoms with Crippen LogP contribution in [0.1, 0.15) is 5.56 Å². The lowest BCUT2D eigenvalue weighted by molar-refractivity contribution is -0.123. The maximum atomic E-state index is 12.0. The number of amides is 2. The number of carbonyl (C=O) groups is 2. The van der Waals surface area contributed by atoms with Gasteiger partial charge in [-0.2, -0.15) is 0 Å². The van der Waals surface area contributed by atoms with Crippen LogP contribution in [0.15, 0.2) is 60.8 Å². The molecule has 3 aromatic rings. The minimum absolute atomic E-state index is 0.349. The number of aromatic nitrogens is 1. The molecule has 4 rings (SSSR count). The first kappa shape index (κ1) is 12.6. The van der Waals surface area contributed by atoms with Gasteiger partial charge in [-0.15, -0.1) is 0 Å². The normalized spacial score (nSPS) is 14.3. The first-order valence-electron chi connectivity index (χ1n) is 6.97.